The maximum absolute atomic E-state index is 14.1. The molecule has 0 amide bonds. The second-order valence-corrected chi connectivity index (χ2v) is 6.49. The molecule has 0 bridgehead atoms. The zero-order valence-corrected chi connectivity index (χ0v) is 16.0. The van der Waals surface area contributed by atoms with Crippen LogP contribution in [0.2, 0.25) is 0 Å². The van der Waals surface area contributed by atoms with Gasteiger partial charge in [-0.25, -0.2) is 13.5 Å². The number of nitrogens with zero attached hydrogens (tertiary/aromatic N) is 2. The van der Waals surface area contributed by atoms with Crippen molar-refractivity contribution in [3.63, 3.8) is 0 Å². The molecule has 1 atom stereocenters. The summed E-state index contributed by atoms with van der Waals surface area (Å²) in [6, 6.07) is 8.67. The number of aromatic hydroxyl groups is 1. The summed E-state index contributed by atoms with van der Waals surface area (Å²) in [6.07, 6.45) is 1.66. The molecule has 0 spiro atoms. The number of benzene rings is 2. The molecule has 0 aliphatic carbocycles. The number of nitrogens with one attached hydrogen (secondary N) is 1. The normalized spacial score (nSPS) is 12.2. The fraction of sp³-hybridized carbons (Fsp3) is 0.286. The molecular weight excluding hydrogens is 364 g/mol. The highest BCUT2D eigenvalue weighted by Gasteiger charge is 2.17. The van der Waals surface area contributed by atoms with Crippen molar-refractivity contribution in [2.75, 3.05) is 6.61 Å². The van der Waals surface area contributed by atoms with E-state index in [9.17, 15) is 13.9 Å². The van der Waals surface area contributed by atoms with E-state index >= 15 is 0 Å². The summed E-state index contributed by atoms with van der Waals surface area (Å²) in [5.74, 6) is -0.735. The number of ether oxygens (including phenoxy) is 1. The van der Waals surface area contributed by atoms with Crippen LogP contribution in [0.25, 0.3) is 5.69 Å². The molecule has 2 aromatic carbocycles. The summed E-state index contributed by atoms with van der Waals surface area (Å²) in [6.45, 7) is 6.54. The summed E-state index contributed by atoms with van der Waals surface area (Å²) < 4.78 is 34.1. The van der Waals surface area contributed by atoms with Gasteiger partial charge in [0.2, 0.25) is 0 Å². The highest BCUT2D eigenvalue weighted by atomic mass is 19.1. The number of hydrogen-bond acceptors (Lipinski definition) is 4. The first-order chi connectivity index (χ1) is 13.4. The van der Waals surface area contributed by atoms with Gasteiger partial charge in [-0.3, -0.25) is 0 Å². The molecule has 1 heterocycles. The molecule has 5 nitrogen and oxygen atoms in total. The Morgan fingerprint density at radius 2 is 2.04 bits per heavy atom. The summed E-state index contributed by atoms with van der Waals surface area (Å²) in [5.41, 5.74) is 2.54. The Morgan fingerprint density at radius 3 is 2.75 bits per heavy atom. The fourth-order valence-electron chi connectivity index (χ4n) is 3.10. The number of rotatable bonds is 7. The number of aromatic nitrogens is 2. The molecule has 0 saturated heterocycles. The van der Waals surface area contributed by atoms with Gasteiger partial charge in [-0.15, -0.1) is 0 Å². The number of hydrogen-bond donors (Lipinski definition) is 2. The minimum atomic E-state index is -0.670. The smallest absolute Gasteiger partial charge is 0.162 e. The van der Waals surface area contributed by atoms with Crippen molar-refractivity contribution in [2.24, 2.45) is 0 Å². The van der Waals surface area contributed by atoms with Crippen molar-refractivity contribution < 1.29 is 18.6 Å². The molecule has 148 valence electrons. The molecule has 0 aliphatic rings. The Kier molecular flexibility index (Phi) is 5.94. The van der Waals surface area contributed by atoms with E-state index < -0.39 is 11.6 Å². The first kappa shape index (κ1) is 19.8. The predicted molar refractivity (Wildman–Crippen MR) is 103 cm³/mol. The molecule has 3 rings (SSSR count). The van der Waals surface area contributed by atoms with Gasteiger partial charge in [0.05, 0.1) is 12.8 Å². The van der Waals surface area contributed by atoms with Crippen LogP contribution in [0.5, 0.6) is 11.5 Å². The monoisotopic (exact) mass is 387 g/mol. The van der Waals surface area contributed by atoms with E-state index in [-0.39, 0.29) is 17.5 Å². The number of phenolic OH excluding ortho intramolecular Hbond substituents is 1. The van der Waals surface area contributed by atoms with Crippen LogP contribution in [0.3, 0.4) is 0 Å². The highest BCUT2D eigenvalue weighted by Crippen LogP contribution is 2.30. The van der Waals surface area contributed by atoms with E-state index in [1.54, 1.807) is 12.3 Å². The Labute approximate surface area is 162 Å². The fourth-order valence-corrected chi connectivity index (χ4v) is 3.10. The van der Waals surface area contributed by atoms with Crippen molar-refractivity contribution in [1.82, 2.24) is 15.1 Å². The molecule has 0 radical (unpaired) electrons. The minimum Gasteiger partial charge on any atom is -0.504 e. The van der Waals surface area contributed by atoms with E-state index in [1.807, 2.05) is 32.9 Å². The minimum absolute atomic E-state index is 0.104. The summed E-state index contributed by atoms with van der Waals surface area (Å²) in [4.78, 5) is 0. The molecule has 0 aliphatic heterocycles. The number of halogens is 2. The van der Waals surface area contributed by atoms with Gasteiger partial charge in [0.1, 0.15) is 11.5 Å². The van der Waals surface area contributed by atoms with Gasteiger partial charge >= 0.3 is 0 Å². The van der Waals surface area contributed by atoms with E-state index in [0.717, 1.165) is 17.3 Å². The lowest BCUT2D eigenvalue weighted by molar-refractivity contribution is 0.316. The van der Waals surface area contributed by atoms with Crippen LogP contribution in [0.1, 0.15) is 36.7 Å². The third kappa shape index (κ3) is 3.99. The second-order valence-electron chi connectivity index (χ2n) is 6.49. The van der Waals surface area contributed by atoms with E-state index in [1.165, 1.54) is 16.8 Å². The predicted octanol–water partition coefficient (Wildman–Crippen LogP) is 4.41. The molecular formula is C21H23F2N3O2. The van der Waals surface area contributed by atoms with E-state index in [4.69, 9.17) is 4.74 Å². The van der Waals surface area contributed by atoms with Gasteiger partial charge in [-0.05, 0) is 39.0 Å². The Balaban J connectivity index is 1.76. The van der Waals surface area contributed by atoms with Crippen LogP contribution >= 0.6 is 0 Å². The molecule has 2 N–H and O–H groups in total. The topological polar surface area (TPSA) is 59.3 Å². The zero-order valence-electron chi connectivity index (χ0n) is 16.0. The van der Waals surface area contributed by atoms with Crippen LogP contribution in [-0.2, 0) is 6.54 Å². The lowest BCUT2D eigenvalue weighted by Gasteiger charge is -2.16. The second kappa shape index (κ2) is 8.39. The largest absolute Gasteiger partial charge is 0.504 e. The van der Waals surface area contributed by atoms with Crippen molar-refractivity contribution in [1.29, 1.82) is 0 Å². The van der Waals surface area contributed by atoms with Gasteiger partial charge < -0.3 is 15.2 Å². The van der Waals surface area contributed by atoms with Gasteiger partial charge in [0.15, 0.2) is 17.3 Å². The molecule has 7 heteroatoms. The standard InChI is InChI=1S/C21H23F2N3O2/c1-4-28-20-7-5-6-15(21(20)27)11-24-13(2)17-12-25-26(14(17)3)19-9-8-16(22)10-18(19)23/h5-10,12-13,24,27H,4,11H2,1-3H3/t13-/m1/s1. The lowest BCUT2D eigenvalue weighted by atomic mass is 10.1. The summed E-state index contributed by atoms with van der Waals surface area (Å²) in [7, 11) is 0. The maximum Gasteiger partial charge on any atom is 0.162 e. The van der Waals surface area contributed by atoms with Crippen molar-refractivity contribution in [3.8, 4) is 17.2 Å². The molecule has 0 unspecified atom stereocenters. The molecule has 1 aromatic heterocycles. The van der Waals surface area contributed by atoms with Crippen molar-refractivity contribution in [3.05, 3.63) is 71.1 Å². The van der Waals surface area contributed by atoms with Crippen molar-refractivity contribution >= 4 is 0 Å². The van der Waals surface area contributed by atoms with Crippen LogP contribution in [0, 0.1) is 18.6 Å². The van der Waals surface area contributed by atoms with Gasteiger partial charge in [0.25, 0.3) is 0 Å². The number of para-hydroxylation sites is 1. The molecule has 0 saturated carbocycles. The zero-order chi connectivity index (χ0) is 20.3. The molecule has 28 heavy (non-hydrogen) atoms. The van der Waals surface area contributed by atoms with E-state index in [0.29, 0.717) is 24.5 Å². The lowest BCUT2D eigenvalue weighted by Crippen LogP contribution is -2.19. The average molecular weight is 387 g/mol. The summed E-state index contributed by atoms with van der Waals surface area (Å²) >= 11 is 0. The first-order valence-corrected chi connectivity index (χ1v) is 9.09. The Hall–Kier alpha value is -2.93. The van der Waals surface area contributed by atoms with Crippen LogP contribution < -0.4 is 10.1 Å². The van der Waals surface area contributed by atoms with E-state index in [2.05, 4.69) is 10.4 Å². The quantitative estimate of drug-likeness (QED) is 0.630. The molecule has 0 fully saturated rings. The number of phenols is 1. The van der Waals surface area contributed by atoms with Gasteiger partial charge in [0, 0.05) is 35.5 Å². The third-order valence-electron chi connectivity index (χ3n) is 4.63. The average Bonchev–Trinajstić information content (AvgIpc) is 3.04. The van der Waals surface area contributed by atoms with Crippen LogP contribution in [0.15, 0.2) is 42.6 Å². The molecule has 3 aromatic rings. The summed E-state index contributed by atoms with van der Waals surface area (Å²) in [5, 5.41) is 17.9. The first-order valence-electron chi connectivity index (χ1n) is 9.09. The SMILES string of the molecule is CCOc1cccc(CN[C@H](C)c2cnn(-c3ccc(F)cc3F)c2C)c1O. The van der Waals surface area contributed by atoms with Gasteiger partial charge in [-0.1, -0.05) is 12.1 Å². The Morgan fingerprint density at radius 1 is 1.25 bits per heavy atom. The highest BCUT2D eigenvalue weighted by molar-refractivity contribution is 5.45. The third-order valence-corrected chi connectivity index (χ3v) is 4.63. The van der Waals surface area contributed by atoms with Crippen LogP contribution in [0.4, 0.5) is 8.78 Å². The van der Waals surface area contributed by atoms with Gasteiger partial charge in [-0.2, -0.15) is 5.10 Å². The maximum atomic E-state index is 14.1. The van der Waals surface area contributed by atoms with Crippen LogP contribution in [-0.4, -0.2) is 21.5 Å². The van der Waals surface area contributed by atoms with Crippen molar-refractivity contribution in [2.45, 2.75) is 33.4 Å². The Bertz CT molecular complexity index is 972.